The first-order valence-electron chi connectivity index (χ1n) is 7.34. The summed E-state index contributed by atoms with van der Waals surface area (Å²) < 4.78 is 0. The zero-order valence-corrected chi connectivity index (χ0v) is 11.1. The van der Waals surface area contributed by atoms with Crippen molar-refractivity contribution in [2.24, 2.45) is 5.92 Å². The van der Waals surface area contributed by atoms with E-state index in [0.717, 1.165) is 12.3 Å². The van der Waals surface area contributed by atoms with Crippen molar-refractivity contribution in [3.63, 3.8) is 0 Å². The molecule has 2 nitrogen and oxygen atoms in total. The predicted octanol–water partition coefficient (Wildman–Crippen LogP) is 2.98. The Morgan fingerprint density at radius 1 is 1.11 bits per heavy atom. The molecule has 0 aromatic heterocycles. The lowest BCUT2D eigenvalue weighted by molar-refractivity contribution is 0.187. The summed E-state index contributed by atoms with van der Waals surface area (Å²) in [4.78, 5) is 2.65. The van der Waals surface area contributed by atoms with E-state index in [4.69, 9.17) is 0 Å². The van der Waals surface area contributed by atoms with Gasteiger partial charge >= 0.3 is 0 Å². The molecule has 2 heteroatoms. The maximum Gasteiger partial charge on any atom is 0.115 e. The highest BCUT2D eigenvalue weighted by atomic mass is 16.3. The third kappa shape index (κ3) is 2.69. The van der Waals surface area contributed by atoms with Gasteiger partial charge in [0.1, 0.15) is 5.75 Å². The molecule has 0 spiro atoms. The molecule has 0 amide bonds. The van der Waals surface area contributed by atoms with Gasteiger partial charge in [-0.3, -0.25) is 0 Å². The zero-order valence-electron chi connectivity index (χ0n) is 11.1. The predicted molar refractivity (Wildman–Crippen MR) is 73.9 cm³/mol. The quantitative estimate of drug-likeness (QED) is 0.866. The normalized spacial score (nSPS) is 24.8. The van der Waals surface area contributed by atoms with Crippen LogP contribution in [0.5, 0.6) is 5.75 Å². The summed E-state index contributed by atoms with van der Waals surface area (Å²) in [7, 11) is 0. The fraction of sp³-hybridized carbons (Fsp3) is 0.625. The monoisotopic (exact) mass is 245 g/mol. The second-order valence-electron chi connectivity index (χ2n) is 5.92. The smallest absolute Gasteiger partial charge is 0.115 e. The molecule has 3 rings (SSSR count). The van der Waals surface area contributed by atoms with Crippen LogP contribution in [-0.4, -0.2) is 29.6 Å². The molecule has 1 N–H and O–H groups in total. The summed E-state index contributed by atoms with van der Waals surface area (Å²) in [6.07, 6.45) is 7.82. The second-order valence-corrected chi connectivity index (χ2v) is 5.92. The lowest BCUT2D eigenvalue weighted by Crippen LogP contribution is -2.36. The van der Waals surface area contributed by atoms with Gasteiger partial charge in [-0.15, -0.1) is 0 Å². The molecule has 1 fully saturated rings. The molecule has 2 aliphatic rings. The number of phenols is 1. The van der Waals surface area contributed by atoms with Gasteiger partial charge < -0.3 is 10.0 Å². The van der Waals surface area contributed by atoms with Crippen LogP contribution < -0.4 is 0 Å². The molecule has 1 atom stereocenters. The van der Waals surface area contributed by atoms with E-state index in [9.17, 15) is 5.11 Å². The largest absolute Gasteiger partial charge is 0.508 e. The van der Waals surface area contributed by atoms with Crippen LogP contribution in [-0.2, 0) is 12.8 Å². The third-order valence-electron chi connectivity index (χ3n) is 4.49. The fourth-order valence-corrected chi connectivity index (χ4v) is 3.48. The Morgan fingerprint density at radius 2 is 1.94 bits per heavy atom. The average molecular weight is 245 g/mol. The molecule has 18 heavy (non-hydrogen) atoms. The van der Waals surface area contributed by atoms with Gasteiger partial charge in [0.05, 0.1) is 0 Å². The molecule has 1 aromatic carbocycles. The van der Waals surface area contributed by atoms with Gasteiger partial charge in [0.25, 0.3) is 0 Å². The summed E-state index contributed by atoms with van der Waals surface area (Å²) in [6, 6.07) is 5.90. The molecule has 1 aliphatic carbocycles. The molecule has 0 saturated carbocycles. The van der Waals surface area contributed by atoms with Crippen LogP contribution in [0.15, 0.2) is 18.2 Å². The zero-order chi connectivity index (χ0) is 12.4. The number of likely N-dealkylation sites (tertiary alicyclic amines) is 1. The van der Waals surface area contributed by atoms with Gasteiger partial charge in [-0.1, -0.05) is 12.5 Å². The van der Waals surface area contributed by atoms with E-state index < -0.39 is 0 Å². The minimum absolute atomic E-state index is 0.420. The lowest BCUT2D eigenvalue weighted by atomic mass is 9.83. The molecule has 1 heterocycles. The van der Waals surface area contributed by atoms with Crippen molar-refractivity contribution in [1.82, 2.24) is 4.90 Å². The molecule has 0 bridgehead atoms. The van der Waals surface area contributed by atoms with Crippen molar-refractivity contribution in [3.05, 3.63) is 29.3 Å². The summed E-state index contributed by atoms with van der Waals surface area (Å²) in [5, 5.41) is 9.51. The van der Waals surface area contributed by atoms with Crippen LogP contribution >= 0.6 is 0 Å². The van der Waals surface area contributed by atoms with Crippen LogP contribution in [0.4, 0.5) is 0 Å². The number of nitrogens with zero attached hydrogens (tertiary/aromatic N) is 1. The maximum atomic E-state index is 9.51. The van der Waals surface area contributed by atoms with Crippen molar-refractivity contribution < 1.29 is 5.11 Å². The number of phenolic OH excluding ortho intramolecular Hbond substituents is 1. The number of piperidine rings is 1. The highest BCUT2D eigenvalue weighted by Crippen LogP contribution is 2.29. The lowest BCUT2D eigenvalue weighted by Gasteiger charge is -2.33. The number of aryl methyl sites for hydroxylation is 1. The van der Waals surface area contributed by atoms with E-state index in [1.807, 2.05) is 12.1 Å². The Balaban J connectivity index is 1.62. The van der Waals surface area contributed by atoms with E-state index in [-0.39, 0.29) is 0 Å². The topological polar surface area (TPSA) is 23.5 Å². The number of hydrogen-bond donors (Lipinski definition) is 1. The van der Waals surface area contributed by atoms with Crippen LogP contribution in [0, 0.1) is 5.92 Å². The Hall–Kier alpha value is -1.02. The van der Waals surface area contributed by atoms with Gasteiger partial charge in [-0.2, -0.15) is 0 Å². The van der Waals surface area contributed by atoms with E-state index in [1.165, 1.54) is 62.9 Å². The van der Waals surface area contributed by atoms with E-state index >= 15 is 0 Å². The number of aromatic hydroxyl groups is 1. The summed E-state index contributed by atoms with van der Waals surface area (Å²) >= 11 is 0. The minimum Gasteiger partial charge on any atom is -0.508 e. The van der Waals surface area contributed by atoms with Crippen LogP contribution in [0.25, 0.3) is 0 Å². The SMILES string of the molecule is Oc1ccc2c(c1)CCC(CN1CCCCC1)C2. The molecule has 0 radical (unpaired) electrons. The number of fused-ring (bicyclic) bond motifs is 1. The van der Waals surface area contributed by atoms with Crippen molar-refractivity contribution in [2.75, 3.05) is 19.6 Å². The van der Waals surface area contributed by atoms with Crippen LogP contribution in [0.1, 0.15) is 36.8 Å². The first-order chi connectivity index (χ1) is 8.81. The average Bonchev–Trinajstić information content (AvgIpc) is 2.40. The summed E-state index contributed by atoms with van der Waals surface area (Å²) in [5.74, 6) is 1.24. The first-order valence-corrected chi connectivity index (χ1v) is 7.34. The maximum absolute atomic E-state index is 9.51. The molecular weight excluding hydrogens is 222 g/mol. The minimum atomic E-state index is 0.420. The van der Waals surface area contributed by atoms with Crippen molar-refractivity contribution >= 4 is 0 Å². The molecule has 1 unspecified atom stereocenters. The highest BCUT2D eigenvalue weighted by molar-refractivity contribution is 5.36. The van der Waals surface area contributed by atoms with Gasteiger partial charge in [0.15, 0.2) is 0 Å². The second kappa shape index (κ2) is 5.31. The summed E-state index contributed by atoms with van der Waals surface area (Å²) in [5.41, 5.74) is 2.82. The number of hydrogen-bond acceptors (Lipinski definition) is 2. The third-order valence-corrected chi connectivity index (χ3v) is 4.49. The van der Waals surface area contributed by atoms with Crippen molar-refractivity contribution in [3.8, 4) is 5.75 Å². The molecule has 1 aliphatic heterocycles. The standard InChI is InChI=1S/C16H23NO/c18-16-7-6-14-10-13(4-5-15(14)11-16)12-17-8-2-1-3-9-17/h6-7,11,13,18H,1-5,8-10,12H2. The van der Waals surface area contributed by atoms with Crippen molar-refractivity contribution in [2.45, 2.75) is 38.5 Å². The number of rotatable bonds is 2. The van der Waals surface area contributed by atoms with Crippen LogP contribution in [0.3, 0.4) is 0 Å². The number of benzene rings is 1. The Labute approximate surface area is 110 Å². The summed E-state index contributed by atoms with van der Waals surface area (Å²) in [6.45, 7) is 3.89. The van der Waals surface area contributed by atoms with Gasteiger partial charge in [0.2, 0.25) is 0 Å². The molecule has 98 valence electrons. The van der Waals surface area contributed by atoms with E-state index in [1.54, 1.807) is 0 Å². The molecule has 1 aromatic rings. The van der Waals surface area contributed by atoms with Crippen molar-refractivity contribution in [1.29, 1.82) is 0 Å². The molecule has 1 saturated heterocycles. The Kier molecular flexibility index (Phi) is 3.55. The van der Waals surface area contributed by atoms with E-state index in [2.05, 4.69) is 11.0 Å². The highest BCUT2D eigenvalue weighted by Gasteiger charge is 2.21. The van der Waals surface area contributed by atoms with Gasteiger partial charge in [0, 0.05) is 6.54 Å². The van der Waals surface area contributed by atoms with E-state index in [0.29, 0.717) is 5.75 Å². The Morgan fingerprint density at radius 3 is 2.78 bits per heavy atom. The Bertz CT molecular complexity index is 410. The van der Waals surface area contributed by atoms with Gasteiger partial charge in [-0.25, -0.2) is 0 Å². The first kappa shape index (κ1) is 12.0. The van der Waals surface area contributed by atoms with Crippen LogP contribution in [0.2, 0.25) is 0 Å². The van der Waals surface area contributed by atoms with Gasteiger partial charge in [-0.05, 0) is 74.4 Å². The fourth-order valence-electron chi connectivity index (χ4n) is 3.48. The molecular formula is C16H23NO.